The quantitative estimate of drug-likeness (QED) is 0.457. The van der Waals surface area contributed by atoms with Crippen molar-refractivity contribution in [3.05, 3.63) is 12.2 Å². The van der Waals surface area contributed by atoms with Crippen LogP contribution in [0, 0.1) is 5.41 Å². The monoisotopic (exact) mass is 140 g/mol. The first-order chi connectivity index (χ1) is 4.83. The second-order valence-corrected chi connectivity index (χ2v) is 2.85. The van der Waals surface area contributed by atoms with Crippen molar-refractivity contribution in [2.45, 2.75) is 19.3 Å². The zero-order valence-corrected chi connectivity index (χ0v) is 5.92. The van der Waals surface area contributed by atoms with Gasteiger partial charge in [0.05, 0.1) is 12.0 Å². The van der Waals surface area contributed by atoms with Gasteiger partial charge in [-0.1, -0.05) is 12.2 Å². The average Bonchev–Trinajstić information content (AvgIpc) is 2.06. The van der Waals surface area contributed by atoms with Crippen molar-refractivity contribution < 1.29 is 9.90 Å². The molecule has 2 heteroatoms. The number of carbonyl (C=O) groups excluding carboxylic acids is 1. The van der Waals surface area contributed by atoms with Crippen LogP contribution in [0.2, 0.25) is 0 Å². The number of aliphatic hydroxyl groups excluding tert-OH is 1. The van der Waals surface area contributed by atoms with E-state index in [1.165, 1.54) is 0 Å². The van der Waals surface area contributed by atoms with Gasteiger partial charge < -0.3 is 9.90 Å². The second-order valence-electron chi connectivity index (χ2n) is 2.85. The normalized spacial score (nSPS) is 32.1. The van der Waals surface area contributed by atoms with Gasteiger partial charge in [-0.05, 0) is 19.3 Å². The van der Waals surface area contributed by atoms with Gasteiger partial charge in [-0.15, -0.1) is 0 Å². The summed E-state index contributed by atoms with van der Waals surface area (Å²) in [6, 6.07) is 0. The third kappa shape index (κ3) is 1.27. The molecule has 2 nitrogen and oxygen atoms in total. The maximum Gasteiger partial charge on any atom is 0.128 e. The maximum absolute atomic E-state index is 10.5. The van der Waals surface area contributed by atoms with Crippen LogP contribution in [0.15, 0.2) is 12.2 Å². The Morgan fingerprint density at radius 3 is 2.70 bits per heavy atom. The Labute approximate surface area is 60.6 Å². The molecule has 56 valence electrons. The van der Waals surface area contributed by atoms with E-state index in [0.29, 0.717) is 6.42 Å². The lowest BCUT2D eigenvalue weighted by Gasteiger charge is -2.25. The van der Waals surface area contributed by atoms with Crippen LogP contribution in [0.25, 0.3) is 0 Å². The minimum Gasteiger partial charge on any atom is -0.395 e. The number of hydrogen-bond acceptors (Lipinski definition) is 2. The molecule has 0 bridgehead atoms. The first-order valence-corrected chi connectivity index (χ1v) is 3.55. The fourth-order valence-electron chi connectivity index (χ4n) is 1.20. The molecule has 0 heterocycles. The molecule has 0 aromatic carbocycles. The van der Waals surface area contributed by atoms with Crippen molar-refractivity contribution in [2.24, 2.45) is 5.41 Å². The summed E-state index contributed by atoms with van der Waals surface area (Å²) in [6.45, 7) is -0.0131. The van der Waals surface area contributed by atoms with Crippen molar-refractivity contribution in [1.29, 1.82) is 0 Å². The van der Waals surface area contributed by atoms with Gasteiger partial charge in [0.15, 0.2) is 0 Å². The number of aliphatic hydroxyl groups is 1. The maximum atomic E-state index is 10.5. The van der Waals surface area contributed by atoms with Crippen molar-refractivity contribution in [1.82, 2.24) is 0 Å². The number of allylic oxidation sites excluding steroid dienone is 2. The van der Waals surface area contributed by atoms with Crippen LogP contribution in [-0.4, -0.2) is 18.0 Å². The molecule has 0 aromatic rings. The van der Waals surface area contributed by atoms with E-state index in [9.17, 15) is 4.79 Å². The predicted molar refractivity (Wildman–Crippen MR) is 38.6 cm³/mol. The van der Waals surface area contributed by atoms with E-state index >= 15 is 0 Å². The molecule has 0 spiro atoms. The lowest BCUT2D eigenvalue weighted by atomic mass is 9.79. The van der Waals surface area contributed by atoms with Gasteiger partial charge in [0, 0.05) is 0 Å². The molecule has 10 heavy (non-hydrogen) atoms. The summed E-state index contributed by atoms with van der Waals surface area (Å²) >= 11 is 0. The largest absolute Gasteiger partial charge is 0.395 e. The number of hydrogen-bond donors (Lipinski definition) is 1. The fourth-order valence-corrected chi connectivity index (χ4v) is 1.20. The highest BCUT2D eigenvalue weighted by atomic mass is 16.3. The van der Waals surface area contributed by atoms with Crippen LogP contribution >= 0.6 is 0 Å². The standard InChI is InChI=1S/C8H12O2/c9-6-8(7-10)4-2-1-3-5-8/h1-2,6,10H,3-5,7H2. The molecule has 1 aliphatic rings. The molecular formula is C8H12O2. The lowest BCUT2D eigenvalue weighted by Crippen LogP contribution is -2.27. The van der Waals surface area contributed by atoms with Crippen LogP contribution in [0.1, 0.15) is 19.3 Å². The topological polar surface area (TPSA) is 37.3 Å². The third-order valence-corrected chi connectivity index (χ3v) is 2.06. The molecular weight excluding hydrogens is 128 g/mol. The highest BCUT2D eigenvalue weighted by molar-refractivity contribution is 5.60. The number of rotatable bonds is 2. The van der Waals surface area contributed by atoms with E-state index in [1.807, 2.05) is 6.08 Å². The summed E-state index contributed by atoms with van der Waals surface area (Å²) in [5.41, 5.74) is -0.450. The molecule has 1 rings (SSSR count). The minimum atomic E-state index is -0.450. The molecule has 1 N–H and O–H groups in total. The Balaban J connectivity index is 2.64. The van der Waals surface area contributed by atoms with Crippen molar-refractivity contribution in [2.75, 3.05) is 6.61 Å². The summed E-state index contributed by atoms with van der Waals surface area (Å²) in [5, 5.41) is 8.88. The van der Waals surface area contributed by atoms with Gasteiger partial charge in [0.2, 0.25) is 0 Å². The van der Waals surface area contributed by atoms with Crippen LogP contribution in [0.5, 0.6) is 0 Å². The van der Waals surface area contributed by atoms with E-state index in [-0.39, 0.29) is 6.61 Å². The van der Waals surface area contributed by atoms with Gasteiger partial charge in [-0.2, -0.15) is 0 Å². The Morgan fingerprint density at radius 1 is 1.60 bits per heavy atom. The van der Waals surface area contributed by atoms with Crippen LogP contribution < -0.4 is 0 Å². The summed E-state index contributed by atoms with van der Waals surface area (Å²) in [5.74, 6) is 0. The van der Waals surface area contributed by atoms with Crippen molar-refractivity contribution in [3.63, 3.8) is 0 Å². The second kappa shape index (κ2) is 2.97. The Kier molecular flexibility index (Phi) is 2.22. The first kappa shape index (κ1) is 7.48. The smallest absolute Gasteiger partial charge is 0.128 e. The Bertz CT molecular complexity index is 151. The summed E-state index contributed by atoms with van der Waals surface area (Å²) in [6.07, 6.45) is 7.32. The fraction of sp³-hybridized carbons (Fsp3) is 0.625. The van der Waals surface area contributed by atoms with Gasteiger partial charge in [0.1, 0.15) is 6.29 Å². The highest BCUT2D eigenvalue weighted by Gasteiger charge is 2.28. The lowest BCUT2D eigenvalue weighted by molar-refractivity contribution is -0.118. The molecule has 0 aromatic heterocycles. The molecule has 1 unspecified atom stereocenters. The van der Waals surface area contributed by atoms with Gasteiger partial charge in [-0.3, -0.25) is 0 Å². The van der Waals surface area contributed by atoms with E-state index < -0.39 is 5.41 Å². The van der Waals surface area contributed by atoms with Crippen LogP contribution in [0.4, 0.5) is 0 Å². The van der Waals surface area contributed by atoms with E-state index in [4.69, 9.17) is 5.11 Å². The van der Waals surface area contributed by atoms with Crippen LogP contribution in [0.3, 0.4) is 0 Å². The zero-order valence-electron chi connectivity index (χ0n) is 5.92. The number of carbonyl (C=O) groups is 1. The van der Waals surface area contributed by atoms with E-state index in [2.05, 4.69) is 6.08 Å². The Hall–Kier alpha value is -0.630. The molecule has 1 atom stereocenters. The summed E-state index contributed by atoms with van der Waals surface area (Å²) in [4.78, 5) is 10.5. The molecule has 0 saturated heterocycles. The average molecular weight is 140 g/mol. The van der Waals surface area contributed by atoms with Crippen molar-refractivity contribution in [3.8, 4) is 0 Å². The third-order valence-electron chi connectivity index (χ3n) is 2.06. The molecule has 0 amide bonds. The summed E-state index contributed by atoms with van der Waals surface area (Å²) < 4.78 is 0. The molecule has 0 radical (unpaired) electrons. The molecule has 0 saturated carbocycles. The molecule has 0 aliphatic heterocycles. The highest BCUT2D eigenvalue weighted by Crippen LogP contribution is 2.29. The van der Waals surface area contributed by atoms with Gasteiger partial charge in [-0.25, -0.2) is 0 Å². The van der Waals surface area contributed by atoms with Gasteiger partial charge in [0.25, 0.3) is 0 Å². The van der Waals surface area contributed by atoms with Crippen LogP contribution in [-0.2, 0) is 4.79 Å². The number of aldehydes is 1. The summed E-state index contributed by atoms with van der Waals surface area (Å²) in [7, 11) is 0. The van der Waals surface area contributed by atoms with Gasteiger partial charge >= 0.3 is 0 Å². The molecule has 1 aliphatic carbocycles. The minimum absolute atomic E-state index is 0.0131. The van der Waals surface area contributed by atoms with Crippen molar-refractivity contribution >= 4 is 6.29 Å². The zero-order chi connectivity index (χ0) is 7.45. The first-order valence-electron chi connectivity index (χ1n) is 3.55. The molecule has 0 fully saturated rings. The predicted octanol–water partition coefficient (Wildman–Crippen LogP) is 0.904. The SMILES string of the molecule is O=CC1(CO)CC=CCC1. The van der Waals surface area contributed by atoms with E-state index in [1.54, 1.807) is 0 Å². The van der Waals surface area contributed by atoms with E-state index in [0.717, 1.165) is 19.1 Å². The Morgan fingerprint density at radius 2 is 2.40 bits per heavy atom.